The lowest BCUT2D eigenvalue weighted by atomic mass is 9.75. The lowest BCUT2D eigenvalue weighted by Gasteiger charge is -2.46. The van der Waals surface area contributed by atoms with Crippen molar-refractivity contribution in [2.24, 2.45) is 5.41 Å². The summed E-state index contributed by atoms with van der Waals surface area (Å²) in [6, 6.07) is 2.99. The molecule has 1 saturated heterocycles. The van der Waals surface area contributed by atoms with Gasteiger partial charge in [-0.2, -0.15) is 0 Å². The monoisotopic (exact) mass is 433 g/mol. The lowest BCUT2D eigenvalue weighted by molar-refractivity contribution is -0.158. The van der Waals surface area contributed by atoms with Gasteiger partial charge in [-0.25, -0.2) is 4.63 Å². The lowest BCUT2D eigenvalue weighted by Crippen LogP contribution is -2.58. The third-order valence-electron chi connectivity index (χ3n) is 6.38. The molecule has 1 fully saturated rings. The van der Waals surface area contributed by atoms with Crippen molar-refractivity contribution in [1.29, 1.82) is 0 Å². The second-order valence-corrected chi connectivity index (χ2v) is 12.6. The van der Waals surface area contributed by atoms with E-state index in [4.69, 9.17) is 13.8 Å². The molecule has 1 amide bonds. The van der Waals surface area contributed by atoms with Crippen molar-refractivity contribution in [1.82, 2.24) is 15.2 Å². The molecule has 3 atom stereocenters. The Hall–Kier alpha value is -1.97. The molecule has 1 aromatic heterocycles. The zero-order valence-corrected chi connectivity index (χ0v) is 19.9. The van der Waals surface area contributed by atoms with E-state index >= 15 is 0 Å². The van der Waals surface area contributed by atoms with Crippen molar-refractivity contribution < 1.29 is 23.7 Å². The Kier molecular flexibility index (Phi) is 4.79. The van der Waals surface area contributed by atoms with E-state index in [1.807, 2.05) is 34.6 Å². The maximum Gasteiger partial charge on any atom is 0.254 e. The van der Waals surface area contributed by atoms with Gasteiger partial charge in [0.25, 0.3) is 5.91 Å². The fraction of sp³-hybridized carbons (Fsp3) is 0.667. The van der Waals surface area contributed by atoms with Crippen LogP contribution < -0.4 is 4.74 Å². The van der Waals surface area contributed by atoms with Gasteiger partial charge < -0.3 is 19.2 Å². The summed E-state index contributed by atoms with van der Waals surface area (Å²) < 4.78 is 17.4. The van der Waals surface area contributed by atoms with E-state index in [2.05, 4.69) is 23.4 Å². The number of rotatable bonds is 3. The summed E-state index contributed by atoms with van der Waals surface area (Å²) in [4.78, 5) is 15.7. The number of nitrogens with zero attached hydrogens (tertiary/aromatic N) is 3. The number of hydrogen-bond donors (Lipinski definition) is 1. The van der Waals surface area contributed by atoms with E-state index in [1.165, 1.54) is 0 Å². The molecule has 8 nitrogen and oxygen atoms in total. The number of aliphatic hydroxyl groups is 1. The van der Waals surface area contributed by atoms with E-state index in [9.17, 15) is 9.90 Å². The number of aromatic nitrogens is 2. The zero-order chi connectivity index (χ0) is 22.1. The average Bonchev–Trinajstić information content (AvgIpc) is 3.19. The first-order chi connectivity index (χ1) is 13.9. The van der Waals surface area contributed by atoms with Crippen molar-refractivity contribution in [3.05, 3.63) is 17.7 Å². The molecule has 3 unspecified atom stereocenters. The minimum Gasteiger partial charge on any atom is -0.485 e. The summed E-state index contributed by atoms with van der Waals surface area (Å²) in [5, 5.41) is 19.1. The number of aliphatic hydroxyl groups excluding tert-OH is 1. The third-order valence-corrected chi connectivity index (χ3v) is 7.26. The SMILES string of the molecule is C[SiH](C)OC1(C(C)(C)C)CCN(C2c3cc4nonc4cc3OC(C)(C)C2O)C1=O. The second kappa shape index (κ2) is 6.76. The Morgan fingerprint density at radius 3 is 2.47 bits per heavy atom. The number of ether oxygens (including phenoxy) is 1. The van der Waals surface area contributed by atoms with Gasteiger partial charge in [0.1, 0.15) is 34.1 Å². The van der Waals surface area contributed by atoms with Crippen molar-refractivity contribution in [2.75, 3.05) is 6.54 Å². The fourth-order valence-corrected chi connectivity index (χ4v) is 6.13. The molecule has 0 spiro atoms. The predicted octanol–water partition coefficient (Wildman–Crippen LogP) is 2.81. The highest BCUT2D eigenvalue weighted by atomic mass is 28.3. The molecule has 2 aliphatic heterocycles. The smallest absolute Gasteiger partial charge is 0.254 e. The number of fused-ring (bicyclic) bond motifs is 2. The Balaban J connectivity index is 1.82. The number of carbonyl (C=O) groups excluding carboxylic acids is 1. The van der Waals surface area contributed by atoms with Crippen LogP contribution in [0.4, 0.5) is 0 Å². The van der Waals surface area contributed by atoms with Crippen LogP contribution in [0.15, 0.2) is 16.8 Å². The van der Waals surface area contributed by atoms with Gasteiger partial charge >= 0.3 is 0 Å². The topological polar surface area (TPSA) is 97.9 Å². The largest absolute Gasteiger partial charge is 0.485 e. The van der Waals surface area contributed by atoms with Crippen molar-refractivity contribution in [2.45, 2.75) is 77.5 Å². The van der Waals surface area contributed by atoms with Gasteiger partial charge in [0.2, 0.25) is 0 Å². The van der Waals surface area contributed by atoms with Gasteiger partial charge in [0.15, 0.2) is 9.04 Å². The number of benzene rings is 1. The van der Waals surface area contributed by atoms with Gasteiger partial charge in [-0.1, -0.05) is 20.8 Å². The van der Waals surface area contributed by atoms with Gasteiger partial charge in [-0.15, -0.1) is 0 Å². The van der Waals surface area contributed by atoms with E-state index in [-0.39, 0.29) is 11.3 Å². The Morgan fingerprint density at radius 2 is 1.87 bits per heavy atom. The van der Waals surface area contributed by atoms with Gasteiger partial charge in [0.05, 0.1) is 6.04 Å². The Labute approximate surface area is 178 Å². The summed E-state index contributed by atoms with van der Waals surface area (Å²) >= 11 is 0. The minimum atomic E-state index is -1.50. The Bertz CT molecular complexity index is 983. The van der Waals surface area contributed by atoms with Crippen LogP contribution in [-0.2, 0) is 9.22 Å². The number of carbonyl (C=O) groups is 1. The van der Waals surface area contributed by atoms with E-state index in [0.29, 0.717) is 35.3 Å². The van der Waals surface area contributed by atoms with Gasteiger partial charge in [0, 0.05) is 24.6 Å². The van der Waals surface area contributed by atoms with Crippen LogP contribution in [0.1, 0.15) is 52.6 Å². The first kappa shape index (κ1) is 21.3. The molecule has 1 aromatic carbocycles. The van der Waals surface area contributed by atoms with Crippen molar-refractivity contribution >= 4 is 26.0 Å². The first-order valence-electron chi connectivity index (χ1n) is 10.5. The molecule has 0 bridgehead atoms. The van der Waals surface area contributed by atoms with Crippen LogP contribution in [0.25, 0.3) is 11.0 Å². The van der Waals surface area contributed by atoms with E-state index in [1.54, 1.807) is 17.0 Å². The number of likely N-dealkylation sites (tertiary alicyclic amines) is 1. The molecule has 2 aromatic rings. The molecular weight excluding hydrogens is 402 g/mol. The summed E-state index contributed by atoms with van der Waals surface area (Å²) in [7, 11) is -1.50. The average molecular weight is 434 g/mol. The molecule has 3 heterocycles. The summed E-state index contributed by atoms with van der Waals surface area (Å²) in [6.45, 7) is 14.5. The predicted molar refractivity (Wildman–Crippen MR) is 114 cm³/mol. The highest BCUT2D eigenvalue weighted by Crippen LogP contribution is 2.50. The molecule has 30 heavy (non-hydrogen) atoms. The highest BCUT2D eigenvalue weighted by Gasteiger charge is 2.59. The fourth-order valence-electron chi connectivity index (χ4n) is 4.75. The maximum atomic E-state index is 13.9. The number of amides is 1. The molecule has 2 aliphatic rings. The van der Waals surface area contributed by atoms with Crippen molar-refractivity contribution in [3.8, 4) is 5.75 Å². The molecular formula is C21H31N3O5Si. The molecule has 0 saturated carbocycles. The standard InChI is InChI=1S/C21H31N3O5Si/c1-19(2,3)21(28-30(6)7)8-9-24(18(21)26)16-12-10-13-14(23-29-22-13)11-15(12)27-20(4,5)17(16)25/h10-11,16-17,25,30H,8-9H2,1-7H3. The molecule has 0 aliphatic carbocycles. The normalized spacial score (nSPS) is 28.8. The van der Waals surface area contributed by atoms with E-state index in [0.717, 1.165) is 0 Å². The van der Waals surface area contributed by atoms with Crippen LogP contribution in [-0.4, -0.2) is 59.1 Å². The van der Waals surface area contributed by atoms with Crippen molar-refractivity contribution in [3.63, 3.8) is 0 Å². The molecule has 1 N–H and O–H groups in total. The highest BCUT2D eigenvalue weighted by molar-refractivity contribution is 6.48. The Morgan fingerprint density at radius 1 is 1.23 bits per heavy atom. The minimum absolute atomic E-state index is 0.0673. The summed E-state index contributed by atoms with van der Waals surface area (Å²) in [5.74, 6) is 0.515. The quantitative estimate of drug-likeness (QED) is 0.743. The van der Waals surface area contributed by atoms with Crippen LogP contribution in [0.2, 0.25) is 13.1 Å². The molecule has 164 valence electrons. The van der Waals surface area contributed by atoms with Gasteiger partial charge in [-0.05, 0) is 48.7 Å². The van der Waals surface area contributed by atoms with Crippen LogP contribution >= 0.6 is 0 Å². The van der Waals surface area contributed by atoms with Gasteiger partial charge in [-0.3, -0.25) is 4.79 Å². The number of hydrogen-bond acceptors (Lipinski definition) is 7. The van der Waals surface area contributed by atoms with Crippen LogP contribution in [0, 0.1) is 5.41 Å². The molecule has 9 heteroatoms. The van der Waals surface area contributed by atoms with E-state index < -0.39 is 32.4 Å². The molecule has 0 radical (unpaired) electrons. The van der Waals surface area contributed by atoms with Crippen LogP contribution in [0.5, 0.6) is 5.75 Å². The summed E-state index contributed by atoms with van der Waals surface area (Å²) in [6.07, 6.45) is -0.327. The maximum absolute atomic E-state index is 13.9. The molecule has 4 rings (SSSR count). The second-order valence-electron chi connectivity index (χ2n) is 10.2. The zero-order valence-electron chi connectivity index (χ0n) is 18.7. The first-order valence-corrected chi connectivity index (χ1v) is 13.3. The summed E-state index contributed by atoms with van der Waals surface area (Å²) in [5.41, 5.74) is -0.298. The van der Waals surface area contributed by atoms with Crippen LogP contribution in [0.3, 0.4) is 0 Å². The third kappa shape index (κ3) is 3.06.